The Balaban J connectivity index is 0.00000180. The zero-order valence-electron chi connectivity index (χ0n) is 11.7. The Kier molecular flexibility index (Phi) is 8.66. The van der Waals surface area contributed by atoms with Crippen LogP contribution in [0.5, 0.6) is 0 Å². The molecule has 1 aromatic rings. The highest BCUT2D eigenvalue weighted by Crippen LogP contribution is 2.19. The maximum absolute atomic E-state index is 12.0. The Hall–Kier alpha value is -0.360. The molecule has 0 spiro atoms. The number of benzene rings is 1. The third-order valence-corrected chi connectivity index (χ3v) is 3.43. The van der Waals surface area contributed by atoms with Gasteiger partial charge in [0.25, 0.3) is 0 Å². The first-order valence-corrected chi connectivity index (χ1v) is 6.73. The molecule has 0 unspecified atom stereocenters. The van der Waals surface area contributed by atoms with E-state index in [1.807, 2.05) is 24.3 Å². The first kappa shape index (κ1) is 19.6. The van der Waals surface area contributed by atoms with Crippen LogP contribution in [0.15, 0.2) is 24.3 Å². The van der Waals surface area contributed by atoms with Gasteiger partial charge in [0.05, 0.1) is 12.1 Å². The topological polar surface area (TPSA) is 41.1 Å². The maximum Gasteiger partial charge on any atom is 0.237 e. The molecule has 1 aromatic carbocycles. The van der Waals surface area contributed by atoms with Gasteiger partial charge < -0.3 is 10.6 Å². The van der Waals surface area contributed by atoms with E-state index in [2.05, 4.69) is 24.5 Å². The summed E-state index contributed by atoms with van der Waals surface area (Å²) in [5.74, 6) is 0.607. The minimum Gasteiger partial charge on any atom is -0.347 e. The van der Waals surface area contributed by atoms with Gasteiger partial charge in [-0.25, -0.2) is 0 Å². The van der Waals surface area contributed by atoms with Gasteiger partial charge in [0.15, 0.2) is 0 Å². The van der Waals surface area contributed by atoms with E-state index in [0.717, 1.165) is 18.5 Å². The highest BCUT2D eigenvalue weighted by atomic mass is 35.5. The molecular weight excluding hydrogens is 312 g/mol. The smallest absolute Gasteiger partial charge is 0.237 e. The van der Waals surface area contributed by atoms with E-state index in [4.69, 9.17) is 11.6 Å². The first-order chi connectivity index (χ1) is 8.56. The predicted molar refractivity (Wildman–Crippen MR) is 94.3 cm³/mol. The zero-order valence-corrected chi connectivity index (χ0v) is 14.5. The number of carbonyl (C=O) groups excluding carboxylic acids is 1. The lowest BCUT2D eigenvalue weighted by Crippen LogP contribution is -2.54. The summed E-state index contributed by atoms with van der Waals surface area (Å²) in [5.41, 5.74) is 1.09. The highest BCUT2D eigenvalue weighted by molar-refractivity contribution is 7.59. The Morgan fingerprint density at radius 3 is 2.35 bits per heavy atom. The van der Waals surface area contributed by atoms with Crippen LogP contribution in [0.3, 0.4) is 0 Å². The molecule has 2 rings (SSSR count). The van der Waals surface area contributed by atoms with E-state index < -0.39 is 0 Å². The van der Waals surface area contributed by atoms with Crippen LogP contribution in [0, 0.1) is 5.92 Å². The average Bonchev–Trinajstić information content (AvgIpc) is 2.32. The number of hydrogen-bond acceptors (Lipinski definition) is 2. The number of halogens is 1. The van der Waals surface area contributed by atoms with Crippen molar-refractivity contribution in [3.8, 4) is 0 Å². The highest BCUT2D eigenvalue weighted by Gasteiger charge is 2.28. The number of carbonyl (C=O) groups is 1. The molecule has 0 saturated carbocycles. The minimum absolute atomic E-state index is 0. The molecule has 1 amide bonds. The van der Waals surface area contributed by atoms with Gasteiger partial charge >= 0.3 is 0 Å². The molecule has 6 heteroatoms. The second-order valence-corrected chi connectivity index (χ2v) is 5.64. The van der Waals surface area contributed by atoms with Crippen molar-refractivity contribution in [2.24, 2.45) is 5.92 Å². The van der Waals surface area contributed by atoms with Crippen molar-refractivity contribution in [1.29, 1.82) is 0 Å². The van der Waals surface area contributed by atoms with Crippen LogP contribution < -0.4 is 10.6 Å². The number of rotatable bonds is 3. The molecule has 0 radical (unpaired) electrons. The van der Waals surface area contributed by atoms with E-state index in [1.165, 1.54) is 0 Å². The summed E-state index contributed by atoms with van der Waals surface area (Å²) < 4.78 is 0. The average molecular weight is 335 g/mol. The molecule has 0 aliphatic carbocycles. The predicted octanol–water partition coefficient (Wildman–Crippen LogP) is 2.74. The fraction of sp³-hybridized carbons (Fsp3) is 0.500. The van der Waals surface area contributed by atoms with E-state index in [-0.39, 0.29) is 45.0 Å². The summed E-state index contributed by atoms with van der Waals surface area (Å²) in [6.07, 6.45) is 0.874. The molecule has 1 saturated heterocycles. The summed E-state index contributed by atoms with van der Waals surface area (Å²) in [6.45, 7) is 5.02. The number of piperazine rings is 1. The fourth-order valence-corrected chi connectivity index (χ4v) is 2.36. The Labute approximate surface area is 139 Å². The van der Waals surface area contributed by atoms with Crippen molar-refractivity contribution in [2.75, 3.05) is 6.54 Å². The van der Waals surface area contributed by atoms with Gasteiger partial charge in [0.2, 0.25) is 5.91 Å². The van der Waals surface area contributed by atoms with Crippen molar-refractivity contribution in [3.05, 3.63) is 34.9 Å². The molecular formula is C14H23ClN2OS2. The Bertz CT molecular complexity index is 426. The minimum atomic E-state index is -0.0615. The molecule has 2 N–H and O–H groups in total. The molecule has 0 aromatic heterocycles. The van der Waals surface area contributed by atoms with Gasteiger partial charge in [-0.1, -0.05) is 37.6 Å². The van der Waals surface area contributed by atoms with Gasteiger partial charge in [-0.2, -0.15) is 27.0 Å². The monoisotopic (exact) mass is 334 g/mol. The van der Waals surface area contributed by atoms with Crippen LogP contribution in [0.25, 0.3) is 0 Å². The lowest BCUT2D eigenvalue weighted by molar-refractivity contribution is -0.125. The van der Waals surface area contributed by atoms with Gasteiger partial charge in [-0.05, 0) is 30.0 Å². The van der Waals surface area contributed by atoms with Crippen LogP contribution in [-0.2, 0) is 4.79 Å². The van der Waals surface area contributed by atoms with Gasteiger partial charge in [0, 0.05) is 11.6 Å². The molecule has 3 nitrogen and oxygen atoms in total. The van der Waals surface area contributed by atoms with Crippen LogP contribution in [0.1, 0.15) is 31.9 Å². The van der Waals surface area contributed by atoms with Crippen LogP contribution in [0.4, 0.5) is 0 Å². The van der Waals surface area contributed by atoms with Crippen molar-refractivity contribution >= 4 is 44.5 Å². The van der Waals surface area contributed by atoms with Crippen molar-refractivity contribution in [3.63, 3.8) is 0 Å². The maximum atomic E-state index is 12.0. The Morgan fingerprint density at radius 1 is 1.25 bits per heavy atom. The molecule has 2 atom stereocenters. The second kappa shape index (κ2) is 8.82. The summed E-state index contributed by atoms with van der Waals surface area (Å²) >= 11 is 5.86. The molecule has 20 heavy (non-hydrogen) atoms. The lowest BCUT2D eigenvalue weighted by Gasteiger charge is -2.31. The van der Waals surface area contributed by atoms with Crippen LogP contribution in [-0.4, -0.2) is 18.5 Å². The van der Waals surface area contributed by atoms with Crippen molar-refractivity contribution < 1.29 is 4.79 Å². The van der Waals surface area contributed by atoms with Crippen molar-refractivity contribution in [1.82, 2.24) is 10.6 Å². The standard InChI is InChI=1S/C14H19ClN2O.2H2S/c1-9(2)7-12-14(18)17-13(8-16-12)10-3-5-11(15)6-4-10;;/h3-6,9,12-13,16H,7-8H2,1-2H3,(H,17,18);2*1H2/t12-,13+;;/m0../s1. The van der Waals surface area contributed by atoms with E-state index in [0.29, 0.717) is 10.9 Å². The molecule has 1 heterocycles. The first-order valence-electron chi connectivity index (χ1n) is 6.35. The van der Waals surface area contributed by atoms with Gasteiger partial charge in [0.1, 0.15) is 0 Å². The number of nitrogens with one attached hydrogen (secondary N) is 2. The molecule has 1 aliphatic rings. The van der Waals surface area contributed by atoms with E-state index in [1.54, 1.807) is 0 Å². The van der Waals surface area contributed by atoms with E-state index >= 15 is 0 Å². The van der Waals surface area contributed by atoms with E-state index in [9.17, 15) is 4.79 Å². The normalized spacial score (nSPS) is 21.7. The SMILES string of the molecule is CC(C)C[C@@H]1NC[C@H](c2ccc(Cl)cc2)NC1=O.S.S. The fourth-order valence-electron chi connectivity index (χ4n) is 2.23. The molecule has 0 bridgehead atoms. The number of hydrogen-bond donors (Lipinski definition) is 2. The largest absolute Gasteiger partial charge is 0.347 e. The van der Waals surface area contributed by atoms with Crippen LogP contribution >= 0.6 is 38.6 Å². The summed E-state index contributed by atoms with van der Waals surface area (Å²) in [7, 11) is 0. The number of amides is 1. The quantitative estimate of drug-likeness (QED) is 0.892. The summed E-state index contributed by atoms with van der Waals surface area (Å²) in [6, 6.07) is 7.59. The van der Waals surface area contributed by atoms with Gasteiger partial charge in [-0.3, -0.25) is 4.79 Å². The molecule has 1 fully saturated rings. The molecule has 1 aliphatic heterocycles. The third-order valence-electron chi connectivity index (χ3n) is 3.18. The van der Waals surface area contributed by atoms with Crippen molar-refractivity contribution in [2.45, 2.75) is 32.4 Å². The second-order valence-electron chi connectivity index (χ2n) is 5.20. The lowest BCUT2D eigenvalue weighted by atomic mass is 9.98. The summed E-state index contributed by atoms with van der Waals surface area (Å²) in [5, 5.41) is 7.10. The Morgan fingerprint density at radius 2 is 1.85 bits per heavy atom. The molecule has 114 valence electrons. The summed E-state index contributed by atoms with van der Waals surface area (Å²) in [4.78, 5) is 12.0. The third kappa shape index (κ3) is 5.20. The van der Waals surface area contributed by atoms with Crippen LogP contribution in [0.2, 0.25) is 5.02 Å². The zero-order chi connectivity index (χ0) is 13.1. The van der Waals surface area contributed by atoms with Gasteiger partial charge in [-0.15, -0.1) is 0 Å².